The standard InChI is InChI=1S/C25H13BN2/c27-14-15-12-13-18-16-6-1-3-9-20(16)26-21-10-5-8-19-17-7-2-4-11-22(17)28(25(19)21)24(15)23(18)26/h1-13H. The summed E-state index contributed by atoms with van der Waals surface area (Å²) in [6, 6.07) is 30.5. The molecule has 2 nitrogen and oxygen atoms in total. The molecular weight excluding hydrogens is 339 g/mol. The van der Waals surface area contributed by atoms with Gasteiger partial charge < -0.3 is 4.57 Å². The Morgan fingerprint density at radius 3 is 2.43 bits per heavy atom. The second-order valence-electron chi connectivity index (χ2n) is 7.65. The number of rotatable bonds is 0. The summed E-state index contributed by atoms with van der Waals surface area (Å²) in [5, 5.41) is 12.5. The van der Waals surface area contributed by atoms with E-state index in [0.717, 1.165) is 11.3 Å². The van der Waals surface area contributed by atoms with Gasteiger partial charge in [0.15, 0.2) is 0 Å². The number of hydrogen-bond donors (Lipinski definition) is 0. The fourth-order valence-corrected chi connectivity index (χ4v) is 5.45. The minimum absolute atomic E-state index is 0.190. The van der Waals surface area contributed by atoms with Crippen LogP contribution in [0.3, 0.4) is 0 Å². The fraction of sp³-hybridized carbons (Fsp3) is 0. The summed E-state index contributed by atoms with van der Waals surface area (Å²) >= 11 is 0. The molecule has 0 amide bonds. The quantitative estimate of drug-likeness (QED) is 0.384. The molecule has 4 aromatic carbocycles. The van der Waals surface area contributed by atoms with Crippen LogP contribution < -0.4 is 16.4 Å². The number of para-hydroxylation sites is 2. The van der Waals surface area contributed by atoms with Gasteiger partial charge in [-0.2, -0.15) is 5.26 Å². The number of benzene rings is 4. The van der Waals surface area contributed by atoms with E-state index in [2.05, 4.69) is 83.4 Å². The van der Waals surface area contributed by atoms with Gasteiger partial charge in [0, 0.05) is 16.3 Å². The van der Waals surface area contributed by atoms with Gasteiger partial charge in [0.2, 0.25) is 6.71 Å². The molecule has 3 heteroatoms. The molecule has 0 aliphatic carbocycles. The second kappa shape index (κ2) is 4.74. The van der Waals surface area contributed by atoms with Crippen molar-refractivity contribution in [1.29, 1.82) is 5.26 Å². The Kier molecular flexibility index (Phi) is 2.42. The molecule has 2 aliphatic heterocycles. The summed E-state index contributed by atoms with van der Waals surface area (Å²) in [7, 11) is 0. The van der Waals surface area contributed by atoms with Crippen molar-refractivity contribution < 1.29 is 0 Å². The summed E-state index contributed by atoms with van der Waals surface area (Å²) in [5.74, 6) is 0. The molecule has 0 bridgehead atoms. The smallest absolute Gasteiger partial charge is 0.248 e. The van der Waals surface area contributed by atoms with Gasteiger partial charge in [-0.3, -0.25) is 0 Å². The van der Waals surface area contributed by atoms with E-state index in [1.165, 1.54) is 49.3 Å². The predicted molar refractivity (Wildman–Crippen MR) is 116 cm³/mol. The maximum absolute atomic E-state index is 9.96. The molecule has 1 aromatic heterocycles. The van der Waals surface area contributed by atoms with Crippen molar-refractivity contribution in [3.05, 3.63) is 84.4 Å². The molecule has 0 atom stereocenters. The van der Waals surface area contributed by atoms with E-state index < -0.39 is 0 Å². The van der Waals surface area contributed by atoms with Crippen LogP contribution in [0.4, 0.5) is 0 Å². The Morgan fingerprint density at radius 2 is 1.50 bits per heavy atom. The molecule has 5 aromatic rings. The van der Waals surface area contributed by atoms with Crippen LogP contribution in [-0.4, -0.2) is 11.3 Å². The average molecular weight is 352 g/mol. The summed E-state index contributed by atoms with van der Waals surface area (Å²) in [4.78, 5) is 0. The van der Waals surface area contributed by atoms with E-state index in [-0.39, 0.29) is 6.71 Å². The summed E-state index contributed by atoms with van der Waals surface area (Å²) in [5.41, 5.74) is 10.7. The molecular formula is C25H13BN2. The first-order chi connectivity index (χ1) is 13.9. The van der Waals surface area contributed by atoms with Crippen LogP contribution in [0.1, 0.15) is 5.56 Å². The molecule has 2 aliphatic rings. The Morgan fingerprint density at radius 1 is 0.714 bits per heavy atom. The van der Waals surface area contributed by atoms with Crippen molar-refractivity contribution in [3.8, 4) is 22.9 Å². The Hall–Kier alpha value is -3.77. The van der Waals surface area contributed by atoms with Gasteiger partial charge >= 0.3 is 0 Å². The Labute approximate surface area is 162 Å². The molecule has 0 radical (unpaired) electrons. The average Bonchev–Trinajstić information content (AvgIpc) is 3.27. The van der Waals surface area contributed by atoms with E-state index in [9.17, 15) is 5.26 Å². The molecule has 0 unspecified atom stereocenters. The molecule has 0 N–H and O–H groups in total. The van der Waals surface area contributed by atoms with Gasteiger partial charge in [-0.15, -0.1) is 0 Å². The van der Waals surface area contributed by atoms with Crippen molar-refractivity contribution in [2.24, 2.45) is 0 Å². The normalized spacial score (nSPS) is 12.9. The highest BCUT2D eigenvalue weighted by molar-refractivity contribution is 7.01. The lowest BCUT2D eigenvalue weighted by atomic mass is 9.37. The van der Waals surface area contributed by atoms with Crippen LogP contribution in [-0.2, 0) is 0 Å². The zero-order valence-electron chi connectivity index (χ0n) is 15.0. The Balaban J connectivity index is 1.81. The molecule has 28 heavy (non-hydrogen) atoms. The number of fused-ring (bicyclic) bond motifs is 8. The second-order valence-corrected chi connectivity index (χ2v) is 7.65. The van der Waals surface area contributed by atoms with Crippen molar-refractivity contribution in [3.63, 3.8) is 0 Å². The highest BCUT2D eigenvalue weighted by Crippen LogP contribution is 2.37. The first-order valence-electron chi connectivity index (χ1n) is 9.57. The summed E-state index contributed by atoms with van der Waals surface area (Å²) in [6.45, 7) is 0.190. The largest absolute Gasteiger partial charge is 0.309 e. The third-order valence-corrected chi connectivity index (χ3v) is 6.45. The zero-order chi connectivity index (χ0) is 18.4. The van der Waals surface area contributed by atoms with Gasteiger partial charge in [-0.25, -0.2) is 0 Å². The first kappa shape index (κ1) is 14.3. The maximum Gasteiger partial charge on any atom is 0.248 e. The zero-order valence-corrected chi connectivity index (χ0v) is 15.0. The van der Waals surface area contributed by atoms with Gasteiger partial charge in [0.1, 0.15) is 6.07 Å². The molecule has 126 valence electrons. The number of aromatic nitrogens is 1. The van der Waals surface area contributed by atoms with E-state index in [1.807, 2.05) is 6.07 Å². The number of nitrogens with zero attached hydrogens (tertiary/aromatic N) is 2. The minimum Gasteiger partial charge on any atom is -0.309 e. The predicted octanol–water partition coefficient (Wildman–Crippen LogP) is 3.47. The van der Waals surface area contributed by atoms with Crippen LogP contribution in [0.15, 0.2) is 78.9 Å². The van der Waals surface area contributed by atoms with E-state index in [1.54, 1.807) is 0 Å². The van der Waals surface area contributed by atoms with Gasteiger partial charge in [-0.05, 0) is 34.2 Å². The highest BCUT2D eigenvalue weighted by atomic mass is 15.0. The minimum atomic E-state index is 0.190. The molecule has 0 fully saturated rings. The van der Waals surface area contributed by atoms with Crippen molar-refractivity contribution in [1.82, 2.24) is 4.57 Å². The van der Waals surface area contributed by atoms with Crippen molar-refractivity contribution >= 4 is 44.9 Å². The lowest BCUT2D eigenvalue weighted by Gasteiger charge is -2.25. The van der Waals surface area contributed by atoms with Crippen molar-refractivity contribution in [2.75, 3.05) is 0 Å². The van der Waals surface area contributed by atoms with Crippen LogP contribution >= 0.6 is 0 Å². The van der Waals surface area contributed by atoms with E-state index >= 15 is 0 Å². The third-order valence-electron chi connectivity index (χ3n) is 6.45. The van der Waals surface area contributed by atoms with Crippen LogP contribution in [0.25, 0.3) is 38.6 Å². The monoisotopic (exact) mass is 352 g/mol. The molecule has 0 spiro atoms. The van der Waals surface area contributed by atoms with Crippen LogP contribution in [0, 0.1) is 11.3 Å². The number of hydrogen-bond acceptors (Lipinski definition) is 1. The molecule has 0 saturated heterocycles. The molecule has 3 heterocycles. The van der Waals surface area contributed by atoms with E-state index in [0.29, 0.717) is 0 Å². The highest BCUT2D eigenvalue weighted by Gasteiger charge is 2.41. The Bertz CT molecular complexity index is 1530. The lowest BCUT2D eigenvalue weighted by Crippen LogP contribution is -2.53. The fourth-order valence-electron chi connectivity index (χ4n) is 5.45. The van der Waals surface area contributed by atoms with Crippen molar-refractivity contribution in [2.45, 2.75) is 0 Å². The SMILES string of the molecule is N#Cc1ccc2c3c1-n1c4ccccc4c4cccc(c41)B3c1ccccc1-2. The number of nitriles is 1. The molecule has 0 saturated carbocycles. The van der Waals surface area contributed by atoms with Crippen LogP contribution in [0.5, 0.6) is 0 Å². The van der Waals surface area contributed by atoms with Gasteiger partial charge in [0.25, 0.3) is 0 Å². The van der Waals surface area contributed by atoms with Crippen LogP contribution in [0.2, 0.25) is 0 Å². The summed E-state index contributed by atoms with van der Waals surface area (Å²) < 4.78 is 2.33. The lowest BCUT2D eigenvalue weighted by molar-refractivity contribution is 1.18. The topological polar surface area (TPSA) is 28.7 Å². The third kappa shape index (κ3) is 1.45. The van der Waals surface area contributed by atoms with E-state index in [4.69, 9.17) is 0 Å². The van der Waals surface area contributed by atoms with Gasteiger partial charge in [0.05, 0.1) is 16.8 Å². The molecule has 7 rings (SSSR count). The van der Waals surface area contributed by atoms with Gasteiger partial charge in [-0.1, -0.05) is 72.2 Å². The summed E-state index contributed by atoms with van der Waals surface area (Å²) in [6.07, 6.45) is 0. The maximum atomic E-state index is 9.96. The first-order valence-corrected chi connectivity index (χ1v) is 9.57.